The molecule has 0 unspecified atom stereocenters. The van der Waals surface area contributed by atoms with E-state index in [1.165, 1.54) is 5.56 Å². The van der Waals surface area contributed by atoms with Crippen LogP contribution in [0.4, 0.5) is 11.6 Å². The molecule has 2 aromatic heterocycles. The molecular weight excluding hydrogens is 572 g/mol. The fourth-order valence-electron chi connectivity index (χ4n) is 5.54. The maximum atomic E-state index is 13.0. The molecule has 40 heavy (non-hydrogen) atoms. The predicted octanol–water partition coefficient (Wildman–Crippen LogP) is 4.61. The summed E-state index contributed by atoms with van der Waals surface area (Å²) in [5.74, 6) is 0.578. The molecule has 206 valence electrons. The molecule has 9 nitrogen and oxygen atoms in total. The van der Waals surface area contributed by atoms with Crippen molar-refractivity contribution in [3.05, 3.63) is 76.2 Å². The van der Waals surface area contributed by atoms with Crippen molar-refractivity contribution >= 4 is 45.0 Å². The van der Waals surface area contributed by atoms with Crippen LogP contribution >= 0.6 is 15.9 Å². The second kappa shape index (κ2) is 11.0. The molecule has 2 aliphatic rings. The number of carbonyl (C=O) groups is 2. The van der Waals surface area contributed by atoms with Gasteiger partial charge < -0.3 is 19.9 Å². The highest BCUT2D eigenvalue weighted by Crippen LogP contribution is 2.34. The molecule has 0 aliphatic carbocycles. The molecule has 6 rings (SSSR count). The van der Waals surface area contributed by atoms with Crippen LogP contribution in [0.15, 0.2) is 59.3 Å². The van der Waals surface area contributed by atoms with E-state index in [1.807, 2.05) is 21.4 Å². The number of amides is 2. The standard InChI is InChI=1S/C30H31BrN6O3/c1-19-3-6-24-15-23(9-10-26(24)37(19)20(2)38)22-7-4-21(5-8-22)17-32-29(39)25-18-36-28(33-25)16-27(31)34-30(36)35-11-13-40-14-12-35/h4-5,7-10,15-16,18-19H,3,6,11-14,17H2,1-2H3,(H,32,39)/t19-/m0/s1. The first-order valence-electron chi connectivity index (χ1n) is 13.6. The number of nitrogens with one attached hydrogen (secondary N) is 1. The van der Waals surface area contributed by atoms with E-state index in [4.69, 9.17) is 4.74 Å². The Kier molecular flexibility index (Phi) is 7.29. The number of anilines is 2. The highest BCUT2D eigenvalue weighted by Gasteiger charge is 2.26. The number of ether oxygens (including phenoxy) is 1. The van der Waals surface area contributed by atoms with Crippen LogP contribution in [0.2, 0.25) is 0 Å². The Balaban J connectivity index is 1.14. The van der Waals surface area contributed by atoms with E-state index >= 15 is 0 Å². The summed E-state index contributed by atoms with van der Waals surface area (Å²) in [4.78, 5) is 38.4. The third kappa shape index (κ3) is 5.21. The number of nitrogens with zero attached hydrogens (tertiary/aromatic N) is 5. The van der Waals surface area contributed by atoms with Gasteiger partial charge in [0.05, 0.1) is 13.2 Å². The van der Waals surface area contributed by atoms with Crippen molar-refractivity contribution < 1.29 is 14.3 Å². The fraction of sp³-hybridized carbons (Fsp3) is 0.333. The molecular formula is C30H31BrN6O3. The number of halogens is 1. The molecule has 1 fully saturated rings. The minimum absolute atomic E-state index is 0.0818. The monoisotopic (exact) mass is 602 g/mol. The second-order valence-electron chi connectivity index (χ2n) is 10.3. The number of hydrogen-bond donors (Lipinski definition) is 1. The Morgan fingerprint density at radius 3 is 2.55 bits per heavy atom. The Bertz CT molecular complexity index is 1580. The number of aromatic nitrogens is 3. The van der Waals surface area contributed by atoms with E-state index in [0.29, 0.717) is 35.7 Å². The van der Waals surface area contributed by atoms with Gasteiger partial charge in [-0.25, -0.2) is 9.97 Å². The van der Waals surface area contributed by atoms with Gasteiger partial charge in [0.15, 0.2) is 0 Å². The predicted molar refractivity (Wildman–Crippen MR) is 158 cm³/mol. The first-order valence-corrected chi connectivity index (χ1v) is 14.4. The van der Waals surface area contributed by atoms with Gasteiger partial charge in [0.2, 0.25) is 11.9 Å². The quantitative estimate of drug-likeness (QED) is 0.335. The molecule has 2 aliphatic heterocycles. The third-order valence-corrected chi connectivity index (χ3v) is 8.03. The lowest BCUT2D eigenvalue weighted by molar-refractivity contribution is -0.117. The van der Waals surface area contributed by atoms with Crippen molar-refractivity contribution in [1.29, 1.82) is 0 Å². The zero-order valence-corrected chi connectivity index (χ0v) is 24.1. The lowest BCUT2D eigenvalue weighted by atomic mass is 9.93. The van der Waals surface area contributed by atoms with Crippen molar-refractivity contribution in [1.82, 2.24) is 19.7 Å². The van der Waals surface area contributed by atoms with Crippen molar-refractivity contribution in [2.24, 2.45) is 0 Å². The van der Waals surface area contributed by atoms with Crippen molar-refractivity contribution in [3.8, 4) is 11.1 Å². The van der Waals surface area contributed by atoms with E-state index in [-0.39, 0.29) is 17.9 Å². The van der Waals surface area contributed by atoms with Gasteiger partial charge in [0.25, 0.3) is 5.91 Å². The van der Waals surface area contributed by atoms with Crippen LogP contribution in [0.5, 0.6) is 0 Å². The summed E-state index contributed by atoms with van der Waals surface area (Å²) in [5, 5.41) is 2.99. The number of morpholine rings is 1. The second-order valence-corrected chi connectivity index (χ2v) is 11.1. The van der Waals surface area contributed by atoms with Crippen LogP contribution in [-0.4, -0.2) is 58.5 Å². The van der Waals surface area contributed by atoms with Crippen molar-refractivity contribution in [2.45, 2.75) is 39.3 Å². The summed E-state index contributed by atoms with van der Waals surface area (Å²) in [6, 6.07) is 16.5. The molecule has 4 heterocycles. The van der Waals surface area contributed by atoms with Gasteiger partial charge >= 0.3 is 0 Å². The number of fused-ring (bicyclic) bond motifs is 2. The molecule has 4 aromatic rings. The Hall–Kier alpha value is -3.76. The number of benzene rings is 2. The minimum Gasteiger partial charge on any atom is -0.378 e. The largest absolute Gasteiger partial charge is 0.378 e. The Labute approximate surface area is 241 Å². The normalized spacial score (nSPS) is 17.1. The summed E-state index contributed by atoms with van der Waals surface area (Å²) < 4.78 is 7.99. The molecule has 1 saturated heterocycles. The SMILES string of the molecule is CC(=O)N1c2ccc(-c3ccc(CNC(=O)c4cn5c(N6CCOCC6)nc(Br)cc5n4)cc3)cc2CC[C@@H]1C. The highest BCUT2D eigenvalue weighted by molar-refractivity contribution is 9.10. The van der Waals surface area contributed by atoms with Crippen LogP contribution in [-0.2, 0) is 22.5 Å². The topological polar surface area (TPSA) is 92.1 Å². The molecule has 1 N–H and O–H groups in total. The molecule has 10 heteroatoms. The molecule has 2 amide bonds. The zero-order chi connectivity index (χ0) is 27.8. The molecule has 1 atom stereocenters. The summed E-state index contributed by atoms with van der Waals surface area (Å²) in [7, 11) is 0. The zero-order valence-electron chi connectivity index (χ0n) is 22.6. The van der Waals surface area contributed by atoms with E-state index in [9.17, 15) is 9.59 Å². The van der Waals surface area contributed by atoms with Crippen LogP contribution in [0.25, 0.3) is 16.8 Å². The molecule has 0 saturated carbocycles. The number of hydrogen-bond acceptors (Lipinski definition) is 6. The maximum Gasteiger partial charge on any atom is 0.271 e. The van der Waals surface area contributed by atoms with Gasteiger partial charge in [0, 0.05) is 50.6 Å². The average molecular weight is 604 g/mol. The Morgan fingerprint density at radius 2 is 1.80 bits per heavy atom. The maximum absolute atomic E-state index is 13.0. The van der Waals surface area contributed by atoms with Crippen LogP contribution in [0, 0.1) is 0 Å². The van der Waals surface area contributed by atoms with Gasteiger partial charge in [0.1, 0.15) is 15.9 Å². The van der Waals surface area contributed by atoms with Crippen LogP contribution in [0.1, 0.15) is 41.9 Å². The van der Waals surface area contributed by atoms with Crippen LogP contribution < -0.4 is 15.1 Å². The van der Waals surface area contributed by atoms with Gasteiger partial charge in [-0.15, -0.1) is 0 Å². The van der Waals surface area contributed by atoms with Gasteiger partial charge in [-0.1, -0.05) is 30.3 Å². The molecule has 0 spiro atoms. The number of rotatable bonds is 5. The van der Waals surface area contributed by atoms with Crippen molar-refractivity contribution in [3.63, 3.8) is 0 Å². The van der Waals surface area contributed by atoms with E-state index in [1.54, 1.807) is 19.2 Å². The fourth-order valence-corrected chi connectivity index (χ4v) is 5.90. The summed E-state index contributed by atoms with van der Waals surface area (Å²) >= 11 is 3.47. The van der Waals surface area contributed by atoms with E-state index in [0.717, 1.165) is 54.3 Å². The molecule has 0 bridgehead atoms. The van der Waals surface area contributed by atoms with Gasteiger partial charge in [-0.3, -0.25) is 14.0 Å². The first-order chi connectivity index (χ1) is 19.4. The van der Waals surface area contributed by atoms with Gasteiger partial charge in [-0.2, -0.15) is 0 Å². The lowest BCUT2D eigenvalue weighted by Crippen LogP contribution is -2.40. The summed E-state index contributed by atoms with van der Waals surface area (Å²) in [6.45, 7) is 6.86. The van der Waals surface area contributed by atoms with Crippen LogP contribution in [0.3, 0.4) is 0 Å². The van der Waals surface area contributed by atoms with E-state index in [2.05, 4.69) is 73.4 Å². The smallest absolute Gasteiger partial charge is 0.271 e. The van der Waals surface area contributed by atoms with E-state index < -0.39 is 0 Å². The molecule has 2 aromatic carbocycles. The highest BCUT2D eigenvalue weighted by atomic mass is 79.9. The first kappa shape index (κ1) is 26.5. The minimum atomic E-state index is -0.240. The summed E-state index contributed by atoms with van der Waals surface area (Å²) in [5.41, 5.74) is 6.43. The number of imidazole rings is 1. The Morgan fingerprint density at radius 1 is 1.05 bits per heavy atom. The molecule has 0 radical (unpaired) electrons. The third-order valence-electron chi connectivity index (χ3n) is 7.62. The summed E-state index contributed by atoms with van der Waals surface area (Å²) in [6.07, 6.45) is 3.66. The number of carbonyl (C=O) groups excluding carboxylic acids is 2. The van der Waals surface area contributed by atoms with Crippen molar-refractivity contribution in [2.75, 3.05) is 36.1 Å². The lowest BCUT2D eigenvalue weighted by Gasteiger charge is -2.34. The average Bonchev–Trinajstić information content (AvgIpc) is 3.40. The van der Waals surface area contributed by atoms with Gasteiger partial charge in [-0.05, 0) is 70.1 Å². The number of aryl methyl sites for hydroxylation is 1.